The SMILES string of the molecule is CN1CCC(CN(c2noc(C(F)(F)F)n2)S(=O)(=O)c2ccccc2)C1. The van der Waals surface area contributed by atoms with Crippen LogP contribution in [0.4, 0.5) is 19.1 Å². The fraction of sp³-hybridized carbons (Fsp3) is 0.467. The highest BCUT2D eigenvalue weighted by molar-refractivity contribution is 7.92. The van der Waals surface area contributed by atoms with E-state index in [-0.39, 0.29) is 17.4 Å². The first-order chi connectivity index (χ1) is 12.2. The van der Waals surface area contributed by atoms with Crippen molar-refractivity contribution in [2.75, 3.05) is 31.0 Å². The number of anilines is 1. The molecule has 0 aliphatic carbocycles. The zero-order chi connectivity index (χ0) is 18.9. The number of hydrogen-bond donors (Lipinski definition) is 0. The van der Waals surface area contributed by atoms with Gasteiger partial charge in [-0.05, 0) is 43.2 Å². The second kappa shape index (κ2) is 6.88. The Morgan fingerprint density at radius 3 is 2.54 bits per heavy atom. The summed E-state index contributed by atoms with van der Waals surface area (Å²) in [5.41, 5.74) is 0. The first-order valence-corrected chi connectivity index (χ1v) is 9.29. The number of nitrogens with zero attached hydrogens (tertiary/aromatic N) is 4. The first kappa shape index (κ1) is 18.6. The van der Waals surface area contributed by atoms with Crippen LogP contribution in [0.15, 0.2) is 39.8 Å². The van der Waals surface area contributed by atoms with Crippen molar-refractivity contribution in [3.63, 3.8) is 0 Å². The molecule has 1 unspecified atom stereocenters. The molecule has 1 aromatic heterocycles. The smallest absolute Gasteiger partial charge is 0.327 e. The largest absolute Gasteiger partial charge is 0.471 e. The molecule has 0 amide bonds. The third kappa shape index (κ3) is 3.83. The Bertz CT molecular complexity index is 855. The van der Waals surface area contributed by atoms with E-state index in [4.69, 9.17) is 0 Å². The van der Waals surface area contributed by atoms with Crippen molar-refractivity contribution < 1.29 is 26.1 Å². The molecule has 0 radical (unpaired) electrons. The molecular weight excluding hydrogens is 373 g/mol. The fourth-order valence-corrected chi connectivity index (χ4v) is 4.30. The van der Waals surface area contributed by atoms with Crippen molar-refractivity contribution in [2.24, 2.45) is 5.92 Å². The van der Waals surface area contributed by atoms with Crippen LogP contribution >= 0.6 is 0 Å². The molecule has 1 atom stereocenters. The lowest BCUT2D eigenvalue weighted by Crippen LogP contribution is -2.37. The molecule has 2 heterocycles. The van der Waals surface area contributed by atoms with Crippen LogP contribution in [0.2, 0.25) is 0 Å². The van der Waals surface area contributed by atoms with Gasteiger partial charge in [0.05, 0.1) is 4.90 Å². The standard InChI is InChI=1S/C15H17F3N4O3S/c1-21-8-7-11(9-21)10-22(14-19-13(25-20-14)15(16,17)18)26(23,24)12-5-3-2-4-6-12/h2-6,11H,7-10H2,1H3. The van der Waals surface area contributed by atoms with Gasteiger partial charge in [-0.2, -0.15) is 18.2 Å². The third-order valence-electron chi connectivity index (χ3n) is 4.13. The first-order valence-electron chi connectivity index (χ1n) is 7.85. The fourth-order valence-electron chi connectivity index (χ4n) is 2.85. The summed E-state index contributed by atoms with van der Waals surface area (Å²) < 4.78 is 69.3. The van der Waals surface area contributed by atoms with Gasteiger partial charge in [-0.3, -0.25) is 0 Å². The summed E-state index contributed by atoms with van der Waals surface area (Å²) in [5, 5.41) is 3.26. The van der Waals surface area contributed by atoms with E-state index in [9.17, 15) is 21.6 Å². The Morgan fingerprint density at radius 1 is 1.31 bits per heavy atom. The third-order valence-corrected chi connectivity index (χ3v) is 5.89. The number of hydrogen-bond acceptors (Lipinski definition) is 6. The minimum absolute atomic E-state index is 0.0294. The van der Waals surface area contributed by atoms with Crippen LogP contribution in [0.1, 0.15) is 12.3 Å². The van der Waals surface area contributed by atoms with Gasteiger partial charge in [0, 0.05) is 13.1 Å². The van der Waals surface area contributed by atoms with E-state index in [1.165, 1.54) is 24.3 Å². The summed E-state index contributed by atoms with van der Waals surface area (Å²) in [7, 11) is -2.23. The highest BCUT2D eigenvalue weighted by Crippen LogP contribution is 2.31. The van der Waals surface area contributed by atoms with E-state index in [0.717, 1.165) is 17.3 Å². The van der Waals surface area contributed by atoms with Gasteiger partial charge in [-0.25, -0.2) is 12.7 Å². The molecule has 1 aliphatic heterocycles. The van der Waals surface area contributed by atoms with Crippen molar-refractivity contribution in [2.45, 2.75) is 17.5 Å². The molecule has 0 spiro atoms. The Kier molecular flexibility index (Phi) is 4.93. The second-order valence-electron chi connectivity index (χ2n) is 6.16. The van der Waals surface area contributed by atoms with Gasteiger partial charge in [0.25, 0.3) is 16.0 Å². The second-order valence-corrected chi connectivity index (χ2v) is 8.03. The number of sulfonamides is 1. The van der Waals surface area contributed by atoms with E-state index < -0.39 is 28.0 Å². The highest BCUT2D eigenvalue weighted by atomic mass is 32.2. The normalized spacial score (nSPS) is 19.0. The average Bonchev–Trinajstić information content (AvgIpc) is 3.22. The molecule has 2 aromatic rings. The van der Waals surface area contributed by atoms with Crippen LogP contribution in [0.3, 0.4) is 0 Å². The Morgan fingerprint density at radius 2 is 2.00 bits per heavy atom. The molecule has 26 heavy (non-hydrogen) atoms. The van der Waals surface area contributed by atoms with Crippen LogP contribution in [0.25, 0.3) is 0 Å². The maximum atomic E-state index is 13.0. The average molecular weight is 390 g/mol. The summed E-state index contributed by atoms with van der Waals surface area (Å²) in [4.78, 5) is 5.24. The highest BCUT2D eigenvalue weighted by Gasteiger charge is 2.41. The molecule has 0 bridgehead atoms. The van der Waals surface area contributed by atoms with Gasteiger partial charge in [0.2, 0.25) is 0 Å². The van der Waals surface area contributed by atoms with Crippen molar-refractivity contribution in [1.29, 1.82) is 0 Å². The van der Waals surface area contributed by atoms with Gasteiger partial charge in [-0.15, -0.1) is 0 Å². The predicted octanol–water partition coefficient (Wildman–Crippen LogP) is 2.24. The van der Waals surface area contributed by atoms with E-state index in [1.54, 1.807) is 6.07 Å². The number of rotatable bonds is 5. The van der Waals surface area contributed by atoms with Gasteiger partial charge >= 0.3 is 12.1 Å². The lowest BCUT2D eigenvalue weighted by Gasteiger charge is -2.23. The molecule has 0 saturated carbocycles. The molecule has 1 fully saturated rings. The molecule has 0 N–H and O–H groups in total. The lowest BCUT2D eigenvalue weighted by atomic mass is 10.1. The molecule has 11 heteroatoms. The summed E-state index contributed by atoms with van der Waals surface area (Å²) in [5.74, 6) is -2.24. The summed E-state index contributed by atoms with van der Waals surface area (Å²) in [6.45, 7) is 1.38. The van der Waals surface area contributed by atoms with Crippen LogP contribution < -0.4 is 4.31 Å². The van der Waals surface area contributed by atoms with Crippen LogP contribution in [0, 0.1) is 5.92 Å². The summed E-state index contributed by atoms with van der Waals surface area (Å²) in [6, 6.07) is 7.45. The van der Waals surface area contributed by atoms with E-state index >= 15 is 0 Å². The van der Waals surface area contributed by atoms with Crippen LogP contribution in [0.5, 0.6) is 0 Å². The van der Waals surface area contributed by atoms with Crippen LogP contribution in [-0.2, 0) is 16.2 Å². The van der Waals surface area contributed by atoms with Gasteiger partial charge in [0.15, 0.2) is 0 Å². The van der Waals surface area contributed by atoms with E-state index in [2.05, 4.69) is 14.7 Å². The van der Waals surface area contributed by atoms with Crippen molar-refractivity contribution in [3.8, 4) is 0 Å². The van der Waals surface area contributed by atoms with E-state index in [1.807, 2.05) is 11.9 Å². The van der Waals surface area contributed by atoms with Crippen molar-refractivity contribution in [3.05, 3.63) is 36.2 Å². The molecular formula is C15H17F3N4O3S. The maximum Gasteiger partial charge on any atom is 0.471 e. The minimum Gasteiger partial charge on any atom is -0.327 e. The molecule has 1 aliphatic rings. The van der Waals surface area contributed by atoms with Crippen molar-refractivity contribution in [1.82, 2.24) is 15.0 Å². The predicted molar refractivity (Wildman–Crippen MR) is 85.9 cm³/mol. The van der Waals surface area contributed by atoms with E-state index in [0.29, 0.717) is 6.54 Å². The number of likely N-dealkylation sites (tertiary alicyclic amines) is 1. The summed E-state index contributed by atoms with van der Waals surface area (Å²) >= 11 is 0. The molecule has 142 valence electrons. The summed E-state index contributed by atoms with van der Waals surface area (Å²) in [6.07, 6.45) is -4.12. The van der Waals surface area contributed by atoms with Crippen molar-refractivity contribution >= 4 is 16.0 Å². The van der Waals surface area contributed by atoms with Gasteiger partial charge in [0.1, 0.15) is 0 Å². The Labute approximate surface area is 148 Å². The quantitative estimate of drug-likeness (QED) is 0.779. The minimum atomic E-state index is -4.85. The molecule has 3 rings (SSSR count). The van der Waals surface area contributed by atoms with Crippen LogP contribution in [-0.4, -0.2) is 50.1 Å². The number of alkyl halides is 3. The number of halogens is 3. The Hall–Kier alpha value is -2.14. The molecule has 1 aromatic carbocycles. The zero-order valence-electron chi connectivity index (χ0n) is 13.8. The monoisotopic (exact) mass is 390 g/mol. The molecule has 7 nitrogen and oxygen atoms in total. The maximum absolute atomic E-state index is 13.0. The topological polar surface area (TPSA) is 79.5 Å². The lowest BCUT2D eigenvalue weighted by molar-refractivity contribution is -0.159. The number of aromatic nitrogens is 2. The van der Waals surface area contributed by atoms with Gasteiger partial charge in [-0.1, -0.05) is 18.2 Å². The molecule has 1 saturated heterocycles. The number of benzene rings is 1. The zero-order valence-corrected chi connectivity index (χ0v) is 14.7. The van der Waals surface area contributed by atoms with Gasteiger partial charge < -0.3 is 9.42 Å². The Balaban J connectivity index is 1.98.